The zero-order valence-electron chi connectivity index (χ0n) is 23.3. The molecule has 2 aromatic carbocycles. The zero-order valence-corrected chi connectivity index (χ0v) is 24.1. The molecule has 2 N–H and O–H groups in total. The molecule has 0 radical (unpaired) electrons. The van der Waals surface area contributed by atoms with E-state index in [1.165, 1.54) is 19.2 Å². The monoisotopic (exact) mass is 590 g/mol. The van der Waals surface area contributed by atoms with Crippen molar-refractivity contribution in [3.8, 4) is 17.6 Å². The van der Waals surface area contributed by atoms with E-state index in [0.717, 1.165) is 23.7 Å². The van der Waals surface area contributed by atoms with Crippen molar-refractivity contribution in [1.82, 2.24) is 9.47 Å². The summed E-state index contributed by atoms with van der Waals surface area (Å²) in [6.45, 7) is 3.06. The fourth-order valence-electron chi connectivity index (χ4n) is 5.18. The van der Waals surface area contributed by atoms with Gasteiger partial charge >= 0.3 is 6.18 Å². The van der Waals surface area contributed by atoms with Gasteiger partial charge in [0.2, 0.25) is 5.91 Å². The van der Waals surface area contributed by atoms with Gasteiger partial charge in [-0.1, -0.05) is 12.0 Å². The highest BCUT2D eigenvalue weighted by molar-refractivity contribution is 7.90. The summed E-state index contributed by atoms with van der Waals surface area (Å²) in [7, 11) is -2.01. The summed E-state index contributed by atoms with van der Waals surface area (Å²) < 4.78 is 70.8. The molecule has 8 nitrogen and oxygen atoms in total. The molecule has 4 rings (SSSR count). The Morgan fingerprint density at radius 1 is 1.17 bits per heavy atom. The number of methoxy groups -OCH3 is 1. The topological polar surface area (TPSA) is 92.7 Å². The number of likely N-dealkylation sites (tertiary alicyclic amines) is 1. The van der Waals surface area contributed by atoms with Gasteiger partial charge in [0.25, 0.3) is 0 Å². The van der Waals surface area contributed by atoms with Gasteiger partial charge in [0.05, 0.1) is 35.4 Å². The molecule has 3 aromatic rings. The van der Waals surface area contributed by atoms with Crippen molar-refractivity contribution in [1.29, 1.82) is 0 Å². The Kier molecular flexibility index (Phi) is 8.77. The molecule has 0 unspecified atom stereocenters. The molecule has 2 atom stereocenters. The number of carbonyl (C=O) groups excluding carboxylic acids is 1. The maximum absolute atomic E-state index is 13.6. The minimum Gasteiger partial charge on any atom is -0.495 e. The second kappa shape index (κ2) is 11.9. The molecule has 0 bridgehead atoms. The molecule has 1 aliphatic rings. The number of sulfone groups is 1. The number of hydrogen-bond acceptors (Lipinski definition) is 6. The smallest absolute Gasteiger partial charge is 0.406 e. The van der Waals surface area contributed by atoms with Crippen LogP contribution in [0.5, 0.6) is 5.75 Å². The number of piperidine rings is 1. The number of rotatable bonds is 7. The molecule has 220 valence electrons. The normalized spacial score (nSPS) is 17.6. The van der Waals surface area contributed by atoms with Crippen LogP contribution < -0.4 is 15.4 Å². The summed E-state index contributed by atoms with van der Waals surface area (Å²) in [6, 6.07) is 11.4. The fourth-order valence-corrected chi connectivity index (χ4v) is 5.81. The van der Waals surface area contributed by atoms with Gasteiger partial charge in [-0.2, -0.15) is 13.2 Å². The first-order chi connectivity index (χ1) is 19.3. The molecule has 12 heteroatoms. The highest BCUT2D eigenvalue weighted by atomic mass is 32.2. The molecule has 0 saturated carbocycles. The minimum atomic E-state index is -4.45. The maximum atomic E-state index is 13.6. The molecule has 1 aliphatic heterocycles. The van der Waals surface area contributed by atoms with Crippen LogP contribution in [0.25, 0.3) is 10.9 Å². The van der Waals surface area contributed by atoms with E-state index in [2.05, 4.69) is 22.5 Å². The van der Waals surface area contributed by atoms with E-state index in [4.69, 9.17) is 4.74 Å². The van der Waals surface area contributed by atoms with E-state index < -0.39 is 22.6 Å². The molecule has 0 spiro atoms. The van der Waals surface area contributed by atoms with Crippen LogP contribution >= 0.6 is 0 Å². The van der Waals surface area contributed by atoms with Crippen molar-refractivity contribution in [2.24, 2.45) is 0 Å². The van der Waals surface area contributed by atoms with Crippen molar-refractivity contribution in [3.63, 3.8) is 0 Å². The number of hydrogen-bond donors (Lipinski definition) is 2. The molecule has 0 aliphatic carbocycles. The average molecular weight is 591 g/mol. The maximum Gasteiger partial charge on any atom is 0.406 e. The first-order valence-corrected chi connectivity index (χ1v) is 15.0. The summed E-state index contributed by atoms with van der Waals surface area (Å²) in [5, 5.41) is 7.15. The van der Waals surface area contributed by atoms with Crippen molar-refractivity contribution < 1.29 is 31.1 Å². The van der Waals surface area contributed by atoms with Crippen molar-refractivity contribution >= 4 is 38.0 Å². The number of ether oxygens (including phenoxy) is 1. The first kappa shape index (κ1) is 30.1. The van der Waals surface area contributed by atoms with E-state index in [0.29, 0.717) is 34.6 Å². The second-order valence-corrected chi connectivity index (χ2v) is 12.2. The third-order valence-electron chi connectivity index (χ3n) is 7.11. The first-order valence-electron chi connectivity index (χ1n) is 13.1. The number of benzene rings is 2. The van der Waals surface area contributed by atoms with Gasteiger partial charge in [0.1, 0.15) is 12.3 Å². The van der Waals surface area contributed by atoms with Crippen molar-refractivity contribution in [2.45, 2.75) is 56.4 Å². The minimum absolute atomic E-state index is 0.0318. The number of fused-ring (bicyclic) bond motifs is 1. The zero-order chi connectivity index (χ0) is 29.9. The molecule has 1 amide bonds. The molecule has 1 aromatic heterocycles. The lowest BCUT2D eigenvalue weighted by Crippen LogP contribution is -2.47. The van der Waals surface area contributed by atoms with E-state index in [9.17, 15) is 26.4 Å². The standard InChI is InChI=1S/C29H33F3N4O4S/c1-19-15-21(12-14-35(19)20(2)37)34-25-8-5-9-27-24(25)16-22(36(27)18-29(30,31)32)7-6-13-33-26-11-10-23(41(4,38)39)17-28(26)40-3/h5,8-11,16-17,19,21,33-34H,12-15,18H2,1-4H3/t19-,21-/m1/s1. The van der Waals surface area contributed by atoms with E-state index in [-0.39, 0.29) is 35.1 Å². The van der Waals surface area contributed by atoms with Crippen LogP contribution in [0, 0.1) is 11.8 Å². The average Bonchev–Trinajstić information content (AvgIpc) is 3.22. The van der Waals surface area contributed by atoms with E-state index in [1.54, 1.807) is 31.2 Å². The highest BCUT2D eigenvalue weighted by Gasteiger charge is 2.31. The Hall–Kier alpha value is -3.85. The van der Waals surface area contributed by atoms with Crippen LogP contribution in [-0.2, 0) is 21.2 Å². The third-order valence-corrected chi connectivity index (χ3v) is 8.22. The van der Waals surface area contributed by atoms with Crippen LogP contribution in [-0.4, -0.2) is 68.5 Å². The number of anilines is 2. The number of amides is 1. The molecule has 2 heterocycles. The number of nitrogens with zero attached hydrogens (tertiary/aromatic N) is 2. The van der Waals surface area contributed by atoms with Crippen LogP contribution in [0.15, 0.2) is 47.4 Å². The number of alkyl halides is 3. The Bertz CT molecular complexity index is 1610. The lowest BCUT2D eigenvalue weighted by Gasteiger charge is -2.37. The number of halogens is 3. The quantitative estimate of drug-likeness (QED) is 0.381. The van der Waals surface area contributed by atoms with E-state index >= 15 is 0 Å². The number of aromatic nitrogens is 1. The molecular formula is C29H33F3N4O4S. The van der Waals surface area contributed by atoms with Crippen LogP contribution in [0.1, 0.15) is 32.4 Å². The van der Waals surface area contributed by atoms with Gasteiger partial charge in [-0.15, -0.1) is 0 Å². The van der Waals surface area contributed by atoms with Gasteiger partial charge in [0, 0.05) is 48.9 Å². The molecule has 1 saturated heterocycles. The summed E-state index contributed by atoms with van der Waals surface area (Å²) >= 11 is 0. The van der Waals surface area contributed by atoms with Gasteiger partial charge in [-0.25, -0.2) is 8.42 Å². The van der Waals surface area contributed by atoms with Gasteiger partial charge in [0.15, 0.2) is 9.84 Å². The predicted octanol–water partition coefficient (Wildman–Crippen LogP) is 4.89. The van der Waals surface area contributed by atoms with Crippen molar-refractivity contribution in [3.05, 3.63) is 48.2 Å². The van der Waals surface area contributed by atoms with Gasteiger partial charge < -0.3 is 24.8 Å². The van der Waals surface area contributed by atoms with Gasteiger partial charge in [-0.05, 0) is 56.0 Å². The summed E-state index contributed by atoms with van der Waals surface area (Å²) in [4.78, 5) is 13.8. The Balaban J connectivity index is 1.59. The second-order valence-electron chi connectivity index (χ2n) is 10.2. The summed E-state index contributed by atoms with van der Waals surface area (Å²) in [5.41, 5.74) is 1.85. The SMILES string of the molecule is COc1cc(S(C)(=O)=O)ccc1NCC#Cc1cc2c(N[C@@H]3CCN(C(C)=O)[C@H](C)C3)cccc2n1CC(F)(F)F. The lowest BCUT2D eigenvalue weighted by molar-refractivity contribution is -0.140. The number of carbonyl (C=O) groups is 1. The van der Waals surface area contributed by atoms with Crippen LogP contribution in [0.3, 0.4) is 0 Å². The Morgan fingerprint density at radius 2 is 1.93 bits per heavy atom. The van der Waals surface area contributed by atoms with Crippen LogP contribution in [0.2, 0.25) is 0 Å². The van der Waals surface area contributed by atoms with Crippen molar-refractivity contribution in [2.75, 3.05) is 37.1 Å². The fraction of sp³-hybridized carbons (Fsp3) is 0.414. The van der Waals surface area contributed by atoms with Crippen LogP contribution in [0.4, 0.5) is 24.5 Å². The Labute approximate surface area is 237 Å². The van der Waals surface area contributed by atoms with Gasteiger partial charge in [-0.3, -0.25) is 4.79 Å². The summed E-state index contributed by atoms with van der Waals surface area (Å²) in [5.74, 6) is 6.08. The van der Waals surface area contributed by atoms with E-state index in [1.807, 2.05) is 17.9 Å². The Morgan fingerprint density at radius 3 is 2.56 bits per heavy atom. The third kappa shape index (κ3) is 7.27. The highest BCUT2D eigenvalue weighted by Crippen LogP contribution is 2.32. The predicted molar refractivity (Wildman–Crippen MR) is 153 cm³/mol. The molecule has 1 fully saturated rings. The molecule has 41 heavy (non-hydrogen) atoms. The molecular weight excluding hydrogens is 557 g/mol. The lowest BCUT2D eigenvalue weighted by atomic mass is 9.97. The summed E-state index contributed by atoms with van der Waals surface area (Å²) in [6.07, 6.45) is -1.89. The largest absolute Gasteiger partial charge is 0.495 e. The number of nitrogens with one attached hydrogen (secondary N) is 2.